The third kappa shape index (κ3) is 10.8. The van der Waals surface area contributed by atoms with Gasteiger partial charge in [-0.15, -0.1) is 0 Å². The molecule has 9 heteroatoms. The normalized spacial score (nSPS) is 9.00. The number of nitrogens with one attached hydrogen (secondary N) is 2. The molecule has 21 heavy (non-hydrogen) atoms. The Morgan fingerprint density at radius 3 is 1.38 bits per heavy atom. The summed E-state index contributed by atoms with van der Waals surface area (Å²) in [5, 5.41) is 12.6. The maximum atomic E-state index is 10.5. The van der Waals surface area contributed by atoms with Crippen LogP contribution in [0.2, 0.25) is 0 Å². The fraction of sp³-hybridized carbons (Fsp3) is 0.250. The number of benzene rings is 1. The average molecular weight is 297 g/mol. The minimum absolute atomic E-state index is 0.278. The van der Waals surface area contributed by atoms with Gasteiger partial charge in [-0.25, -0.2) is 9.59 Å². The van der Waals surface area contributed by atoms with Crippen LogP contribution in [0, 0.1) is 0 Å². The number of carbonyl (C=O) groups is 3. The fourth-order valence-corrected chi connectivity index (χ4v) is 1.15. The predicted molar refractivity (Wildman–Crippen MR) is 76.0 cm³/mol. The Morgan fingerprint density at radius 2 is 1.19 bits per heavy atom. The summed E-state index contributed by atoms with van der Waals surface area (Å²) in [6, 6.07) is 6.25. The van der Waals surface area contributed by atoms with E-state index in [4.69, 9.17) is 16.6 Å². The van der Waals surface area contributed by atoms with E-state index < -0.39 is 18.0 Å². The highest BCUT2D eigenvalue weighted by molar-refractivity contribution is 5.72. The number of hydrogen-bond donors (Lipinski definition) is 6. The molecule has 4 amide bonds. The van der Waals surface area contributed by atoms with E-state index in [0.717, 1.165) is 11.1 Å². The van der Waals surface area contributed by atoms with E-state index >= 15 is 0 Å². The van der Waals surface area contributed by atoms with Gasteiger partial charge in [0.25, 0.3) is 0 Å². The van der Waals surface area contributed by atoms with Gasteiger partial charge in [-0.2, -0.15) is 0 Å². The van der Waals surface area contributed by atoms with Gasteiger partial charge < -0.3 is 32.9 Å². The number of primary amides is 2. The molecule has 1 aromatic rings. The Labute approximate surface area is 121 Å². The number of urea groups is 2. The number of amides is 4. The van der Waals surface area contributed by atoms with Crippen molar-refractivity contribution < 1.29 is 19.5 Å². The summed E-state index contributed by atoms with van der Waals surface area (Å²) in [6.07, 6.45) is 0. The van der Waals surface area contributed by atoms with Crippen LogP contribution in [0.1, 0.15) is 11.1 Å². The predicted octanol–water partition coefficient (Wildman–Crippen LogP) is -0.947. The van der Waals surface area contributed by atoms with E-state index in [1.54, 1.807) is 0 Å². The minimum Gasteiger partial charge on any atom is -0.480 e. The van der Waals surface area contributed by atoms with E-state index in [0.29, 0.717) is 13.1 Å². The molecule has 1 rings (SSSR count). The highest BCUT2D eigenvalue weighted by Gasteiger charge is 1.97. The van der Waals surface area contributed by atoms with Crippen LogP contribution in [0.4, 0.5) is 9.59 Å². The van der Waals surface area contributed by atoms with Gasteiger partial charge in [0.15, 0.2) is 0 Å². The van der Waals surface area contributed by atoms with Crippen molar-refractivity contribution in [2.24, 2.45) is 17.2 Å². The topological polar surface area (TPSA) is 174 Å². The van der Waals surface area contributed by atoms with Crippen molar-refractivity contribution in [2.45, 2.75) is 13.1 Å². The number of carboxylic acid groups (broad SMARTS) is 1. The second-order valence-corrected chi connectivity index (χ2v) is 3.85. The molecule has 9 N–H and O–H groups in total. The summed E-state index contributed by atoms with van der Waals surface area (Å²) in [5.41, 5.74) is 16.3. The Hall–Kier alpha value is -2.81. The fourth-order valence-electron chi connectivity index (χ4n) is 1.15. The number of aliphatic carboxylic acids is 1. The van der Waals surface area contributed by atoms with Crippen LogP contribution in [0.3, 0.4) is 0 Å². The lowest BCUT2D eigenvalue weighted by Crippen LogP contribution is -2.29. The molecule has 0 atom stereocenters. The lowest BCUT2D eigenvalue weighted by Gasteiger charge is -2.05. The summed E-state index contributed by atoms with van der Waals surface area (Å²) in [5.74, 6) is -0.968. The van der Waals surface area contributed by atoms with Crippen molar-refractivity contribution >= 4 is 18.0 Å². The Bertz CT molecular complexity index is 438. The first kappa shape index (κ1) is 18.2. The van der Waals surface area contributed by atoms with Crippen LogP contribution in [0.15, 0.2) is 24.3 Å². The second-order valence-electron chi connectivity index (χ2n) is 3.85. The van der Waals surface area contributed by atoms with E-state index in [1.807, 2.05) is 24.3 Å². The van der Waals surface area contributed by atoms with Crippen molar-refractivity contribution in [1.29, 1.82) is 0 Å². The lowest BCUT2D eigenvalue weighted by atomic mass is 10.1. The number of carboxylic acids is 1. The van der Waals surface area contributed by atoms with Gasteiger partial charge in [-0.1, -0.05) is 24.3 Å². The highest BCUT2D eigenvalue weighted by Crippen LogP contribution is 2.03. The van der Waals surface area contributed by atoms with Crippen LogP contribution in [0.25, 0.3) is 0 Å². The average Bonchev–Trinajstić information content (AvgIpc) is 2.44. The molecule has 0 saturated heterocycles. The number of carbonyl (C=O) groups excluding carboxylic acids is 2. The molecule has 116 valence electrons. The zero-order chi connectivity index (χ0) is 16.3. The van der Waals surface area contributed by atoms with Crippen molar-refractivity contribution in [3.8, 4) is 0 Å². The molecule has 0 saturated carbocycles. The summed E-state index contributed by atoms with van der Waals surface area (Å²) in [6.45, 7) is 0.498. The summed E-state index contributed by atoms with van der Waals surface area (Å²) in [7, 11) is 0. The standard InChI is InChI=1S/C10H14N4O2.C2H5NO2/c11-9(15)13-5-7-1-2-8(4-3-7)6-14-10(12)16;3-1-2(4)5/h1-4H,5-6H2,(H3,11,13,15)(H3,12,14,16);1,3H2,(H,4,5). The number of hydrogen-bond acceptors (Lipinski definition) is 4. The van der Waals surface area contributed by atoms with E-state index in [1.165, 1.54) is 0 Å². The first-order valence-corrected chi connectivity index (χ1v) is 5.91. The molecule has 0 radical (unpaired) electrons. The van der Waals surface area contributed by atoms with Gasteiger partial charge in [-0.3, -0.25) is 4.79 Å². The largest absolute Gasteiger partial charge is 0.480 e. The first-order valence-electron chi connectivity index (χ1n) is 5.91. The molecule has 0 aliphatic heterocycles. The second kappa shape index (κ2) is 10.0. The highest BCUT2D eigenvalue weighted by atomic mass is 16.4. The molecule has 9 nitrogen and oxygen atoms in total. The van der Waals surface area contributed by atoms with Crippen LogP contribution in [-0.2, 0) is 17.9 Å². The molecule has 0 aliphatic carbocycles. The quantitative estimate of drug-likeness (QED) is 0.410. The smallest absolute Gasteiger partial charge is 0.317 e. The number of rotatable bonds is 5. The monoisotopic (exact) mass is 297 g/mol. The molecular weight excluding hydrogens is 278 g/mol. The van der Waals surface area contributed by atoms with Gasteiger partial charge in [0.2, 0.25) is 0 Å². The van der Waals surface area contributed by atoms with Gasteiger partial charge in [-0.05, 0) is 11.1 Å². The van der Waals surface area contributed by atoms with Gasteiger partial charge in [0.05, 0.1) is 6.54 Å². The van der Waals surface area contributed by atoms with Crippen molar-refractivity contribution in [1.82, 2.24) is 10.6 Å². The van der Waals surface area contributed by atoms with Gasteiger partial charge in [0.1, 0.15) is 0 Å². The van der Waals surface area contributed by atoms with Crippen molar-refractivity contribution in [3.05, 3.63) is 35.4 Å². The summed E-state index contributed by atoms with van der Waals surface area (Å²) < 4.78 is 0. The van der Waals surface area contributed by atoms with Crippen LogP contribution < -0.4 is 27.8 Å². The Kier molecular flexibility index (Phi) is 8.69. The maximum absolute atomic E-state index is 10.5. The zero-order valence-corrected chi connectivity index (χ0v) is 11.3. The Balaban J connectivity index is 0.000000690. The van der Waals surface area contributed by atoms with Crippen molar-refractivity contribution in [3.63, 3.8) is 0 Å². The van der Waals surface area contributed by atoms with Crippen LogP contribution in [-0.4, -0.2) is 29.7 Å². The molecule has 0 unspecified atom stereocenters. The maximum Gasteiger partial charge on any atom is 0.317 e. The van der Waals surface area contributed by atoms with Crippen LogP contribution in [0.5, 0.6) is 0 Å². The molecule has 1 aromatic carbocycles. The van der Waals surface area contributed by atoms with Crippen LogP contribution >= 0.6 is 0 Å². The molecule has 0 aliphatic rings. The molecule has 0 fully saturated rings. The van der Waals surface area contributed by atoms with E-state index in [-0.39, 0.29) is 6.54 Å². The molecule has 0 spiro atoms. The molecule has 0 aromatic heterocycles. The molecule has 0 bridgehead atoms. The zero-order valence-electron chi connectivity index (χ0n) is 11.3. The number of nitrogens with two attached hydrogens (primary N) is 3. The Morgan fingerprint density at radius 1 is 0.905 bits per heavy atom. The lowest BCUT2D eigenvalue weighted by molar-refractivity contribution is -0.135. The third-order valence-corrected chi connectivity index (χ3v) is 2.13. The first-order chi connectivity index (χ1) is 9.85. The third-order valence-electron chi connectivity index (χ3n) is 2.13. The van der Waals surface area contributed by atoms with E-state index in [9.17, 15) is 14.4 Å². The molecular formula is C12H19N5O4. The minimum atomic E-state index is -0.968. The van der Waals surface area contributed by atoms with Gasteiger partial charge in [0, 0.05) is 13.1 Å². The summed E-state index contributed by atoms with van der Waals surface area (Å²) >= 11 is 0. The van der Waals surface area contributed by atoms with E-state index in [2.05, 4.69) is 16.4 Å². The molecule has 0 heterocycles. The van der Waals surface area contributed by atoms with Gasteiger partial charge >= 0.3 is 18.0 Å². The van der Waals surface area contributed by atoms with Crippen molar-refractivity contribution in [2.75, 3.05) is 6.54 Å². The summed E-state index contributed by atoms with van der Waals surface area (Å²) in [4.78, 5) is 30.2. The SMILES string of the molecule is NC(=O)NCc1ccc(CNC(N)=O)cc1.NCC(=O)O.